The van der Waals surface area contributed by atoms with Gasteiger partial charge in [-0.05, 0) is 69.8 Å². The number of hydrogen-bond donors (Lipinski definition) is 1. The van der Waals surface area contributed by atoms with Crippen molar-refractivity contribution in [2.75, 3.05) is 20.2 Å². The zero-order valence-electron chi connectivity index (χ0n) is 13.2. The van der Waals surface area contributed by atoms with Gasteiger partial charge in [0.05, 0.1) is 5.60 Å². The van der Waals surface area contributed by atoms with Gasteiger partial charge in [0.25, 0.3) is 0 Å². The van der Waals surface area contributed by atoms with E-state index in [1.54, 1.807) is 7.11 Å². The third kappa shape index (κ3) is 6.74. The molecule has 0 aromatic heterocycles. The zero-order chi connectivity index (χ0) is 15.0. The third-order valence-corrected chi connectivity index (χ3v) is 4.04. The van der Waals surface area contributed by atoms with Crippen molar-refractivity contribution in [3.05, 3.63) is 34.9 Å². The second kappa shape index (κ2) is 8.66. The predicted octanol–water partition coefficient (Wildman–Crippen LogP) is 4.31. The largest absolute Gasteiger partial charge is 0.379 e. The maximum Gasteiger partial charge on any atom is 0.0622 e. The van der Waals surface area contributed by atoms with Gasteiger partial charge in [0.15, 0.2) is 0 Å². The van der Waals surface area contributed by atoms with Gasteiger partial charge >= 0.3 is 0 Å². The topological polar surface area (TPSA) is 21.3 Å². The van der Waals surface area contributed by atoms with E-state index in [1.165, 1.54) is 5.56 Å². The van der Waals surface area contributed by atoms with Gasteiger partial charge in [0.2, 0.25) is 0 Å². The summed E-state index contributed by atoms with van der Waals surface area (Å²) in [6.07, 6.45) is 3.29. The van der Waals surface area contributed by atoms with Gasteiger partial charge in [-0.2, -0.15) is 0 Å². The van der Waals surface area contributed by atoms with Crippen LogP contribution in [0.4, 0.5) is 0 Å². The Balaban J connectivity index is 2.59. The molecule has 1 aromatic rings. The zero-order valence-corrected chi connectivity index (χ0v) is 14.0. The van der Waals surface area contributed by atoms with E-state index in [-0.39, 0.29) is 5.60 Å². The molecule has 0 bridgehead atoms. The molecule has 1 unspecified atom stereocenters. The van der Waals surface area contributed by atoms with Crippen molar-refractivity contribution in [3.8, 4) is 0 Å². The lowest BCUT2D eigenvalue weighted by atomic mass is 9.90. The molecule has 0 aliphatic rings. The number of nitrogens with one attached hydrogen (secondary N) is 1. The summed E-state index contributed by atoms with van der Waals surface area (Å²) < 4.78 is 5.52. The van der Waals surface area contributed by atoms with Crippen molar-refractivity contribution in [3.63, 3.8) is 0 Å². The van der Waals surface area contributed by atoms with Crippen LogP contribution in [-0.4, -0.2) is 25.8 Å². The third-order valence-electron chi connectivity index (χ3n) is 3.80. The van der Waals surface area contributed by atoms with Gasteiger partial charge in [-0.25, -0.2) is 0 Å². The quantitative estimate of drug-likeness (QED) is 0.733. The van der Waals surface area contributed by atoms with E-state index >= 15 is 0 Å². The van der Waals surface area contributed by atoms with Crippen LogP contribution in [0.15, 0.2) is 24.3 Å². The first-order valence-corrected chi connectivity index (χ1v) is 7.85. The molecular weight excluding hydrogens is 270 g/mol. The van der Waals surface area contributed by atoms with Crippen LogP contribution in [0.2, 0.25) is 5.02 Å². The summed E-state index contributed by atoms with van der Waals surface area (Å²) in [7, 11) is 1.79. The van der Waals surface area contributed by atoms with Crippen LogP contribution in [0.25, 0.3) is 0 Å². The average Bonchev–Trinajstić information content (AvgIpc) is 2.42. The molecule has 1 N–H and O–H groups in total. The molecule has 1 atom stereocenters. The summed E-state index contributed by atoms with van der Waals surface area (Å²) in [5, 5.41) is 4.28. The van der Waals surface area contributed by atoms with Crippen molar-refractivity contribution in [2.24, 2.45) is 5.92 Å². The molecular formula is C17H28ClNO. The Kier molecular flexibility index (Phi) is 7.57. The highest BCUT2D eigenvalue weighted by Crippen LogP contribution is 2.22. The molecule has 114 valence electrons. The van der Waals surface area contributed by atoms with Crippen LogP contribution in [0.1, 0.15) is 39.2 Å². The Morgan fingerprint density at radius 1 is 1.35 bits per heavy atom. The number of halogens is 1. The molecule has 0 aliphatic heterocycles. The second-order valence-electron chi connectivity index (χ2n) is 6.01. The first kappa shape index (κ1) is 17.5. The highest BCUT2D eigenvalue weighted by Gasteiger charge is 2.19. The van der Waals surface area contributed by atoms with E-state index in [4.69, 9.17) is 16.3 Å². The first-order chi connectivity index (χ1) is 9.46. The molecule has 0 saturated carbocycles. The number of rotatable bonds is 9. The Morgan fingerprint density at radius 2 is 2.10 bits per heavy atom. The minimum Gasteiger partial charge on any atom is -0.379 e. The minimum absolute atomic E-state index is 0.0429. The van der Waals surface area contributed by atoms with Crippen LogP contribution in [0.5, 0.6) is 0 Å². The molecule has 0 spiro atoms. The molecule has 1 rings (SSSR count). The van der Waals surface area contributed by atoms with Crippen molar-refractivity contribution in [2.45, 2.75) is 45.6 Å². The molecule has 0 saturated heterocycles. The van der Waals surface area contributed by atoms with Crippen molar-refractivity contribution in [1.82, 2.24) is 5.32 Å². The molecule has 0 heterocycles. The predicted molar refractivity (Wildman–Crippen MR) is 87.5 cm³/mol. The van der Waals surface area contributed by atoms with E-state index in [2.05, 4.69) is 38.2 Å². The van der Waals surface area contributed by atoms with Crippen molar-refractivity contribution in [1.29, 1.82) is 0 Å². The smallest absolute Gasteiger partial charge is 0.0622 e. The Hall–Kier alpha value is -0.570. The Bertz CT molecular complexity index is 392. The van der Waals surface area contributed by atoms with Crippen LogP contribution in [0, 0.1) is 5.92 Å². The van der Waals surface area contributed by atoms with Crippen LogP contribution in [0.3, 0.4) is 0 Å². The number of benzene rings is 1. The maximum atomic E-state index is 6.07. The number of ether oxygens (including phenoxy) is 1. The van der Waals surface area contributed by atoms with E-state index in [0.717, 1.165) is 37.4 Å². The summed E-state index contributed by atoms with van der Waals surface area (Å²) in [6.45, 7) is 8.51. The van der Waals surface area contributed by atoms with Crippen LogP contribution in [-0.2, 0) is 11.2 Å². The molecule has 1 aromatic carbocycles. The lowest BCUT2D eigenvalue weighted by Crippen LogP contribution is -2.28. The Morgan fingerprint density at radius 3 is 2.70 bits per heavy atom. The summed E-state index contributed by atoms with van der Waals surface area (Å²) in [5.74, 6) is 0.614. The maximum absolute atomic E-state index is 6.07. The highest BCUT2D eigenvalue weighted by molar-refractivity contribution is 6.30. The lowest BCUT2D eigenvalue weighted by Gasteiger charge is -2.26. The molecule has 2 nitrogen and oxygen atoms in total. The van der Waals surface area contributed by atoms with E-state index in [9.17, 15) is 0 Å². The van der Waals surface area contributed by atoms with E-state index in [0.29, 0.717) is 5.92 Å². The standard InChI is InChI=1S/C17H28ClNO/c1-5-19-13-15(9-10-17(2,3)20-4)11-14-7-6-8-16(18)12-14/h6-8,12,15,19H,5,9-11,13H2,1-4H3. The Labute approximate surface area is 128 Å². The van der Waals surface area contributed by atoms with Gasteiger partial charge in [-0.1, -0.05) is 30.7 Å². The van der Waals surface area contributed by atoms with E-state index < -0.39 is 0 Å². The fourth-order valence-electron chi connectivity index (χ4n) is 2.28. The van der Waals surface area contributed by atoms with Gasteiger partial charge in [-0.3, -0.25) is 0 Å². The summed E-state index contributed by atoms with van der Waals surface area (Å²) in [5.41, 5.74) is 1.27. The van der Waals surface area contributed by atoms with Gasteiger partial charge in [0, 0.05) is 12.1 Å². The molecule has 3 heteroatoms. The lowest BCUT2D eigenvalue weighted by molar-refractivity contribution is 0.0104. The summed E-state index contributed by atoms with van der Waals surface area (Å²) in [4.78, 5) is 0. The monoisotopic (exact) mass is 297 g/mol. The summed E-state index contributed by atoms with van der Waals surface area (Å²) >= 11 is 6.07. The van der Waals surface area contributed by atoms with E-state index in [1.807, 2.05) is 12.1 Å². The van der Waals surface area contributed by atoms with Gasteiger partial charge in [-0.15, -0.1) is 0 Å². The highest BCUT2D eigenvalue weighted by atomic mass is 35.5. The average molecular weight is 298 g/mol. The minimum atomic E-state index is -0.0429. The van der Waals surface area contributed by atoms with Gasteiger partial charge in [0.1, 0.15) is 0 Å². The van der Waals surface area contributed by atoms with Gasteiger partial charge < -0.3 is 10.1 Å². The number of hydrogen-bond acceptors (Lipinski definition) is 2. The SMILES string of the molecule is CCNCC(CCC(C)(C)OC)Cc1cccc(Cl)c1. The molecule has 0 aliphatic carbocycles. The van der Waals surface area contributed by atoms with Crippen molar-refractivity contribution < 1.29 is 4.74 Å². The normalized spacial score (nSPS) is 13.4. The molecule has 0 amide bonds. The molecule has 0 radical (unpaired) electrons. The molecule has 20 heavy (non-hydrogen) atoms. The molecule has 0 fully saturated rings. The second-order valence-corrected chi connectivity index (χ2v) is 6.45. The summed E-state index contributed by atoms with van der Waals surface area (Å²) in [6, 6.07) is 8.19. The van der Waals surface area contributed by atoms with Crippen molar-refractivity contribution >= 4 is 11.6 Å². The van der Waals surface area contributed by atoms with Crippen LogP contribution < -0.4 is 5.32 Å². The van der Waals surface area contributed by atoms with Crippen LogP contribution >= 0.6 is 11.6 Å². The fraction of sp³-hybridized carbons (Fsp3) is 0.647. The first-order valence-electron chi connectivity index (χ1n) is 7.47. The number of methoxy groups -OCH3 is 1. The fourth-order valence-corrected chi connectivity index (χ4v) is 2.49.